The molecule has 0 atom stereocenters. The van der Waals surface area contributed by atoms with Crippen LogP contribution in [0.1, 0.15) is 11.1 Å². The van der Waals surface area contributed by atoms with Gasteiger partial charge in [-0.1, -0.05) is 72.3 Å². The van der Waals surface area contributed by atoms with E-state index in [1.165, 1.54) is 0 Å². The van der Waals surface area contributed by atoms with E-state index in [-0.39, 0.29) is 5.56 Å². The van der Waals surface area contributed by atoms with E-state index in [0.717, 1.165) is 28.2 Å². The topological polar surface area (TPSA) is 61.9 Å². The van der Waals surface area contributed by atoms with Crippen LogP contribution in [0.2, 0.25) is 5.02 Å². The zero-order chi connectivity index (χ0) is 26.6. The summed E-state index contributed by atoms with van der Waals surface area (Å²) in [5.41, 5.74) is 6.18. The lowest BCUT2D eigenvalue weighted by atomic mass is 10.1. The van der Waals surface area contributed by atoms with Gasteiger partial charge in [-0.3, -0.25) is 9.78 Å². The van der Waals surface area contributed by atoms with E-state index in [2.05, 4.69) is 74.5 Å². The lowest BCUT2D eigenvalue weighted by Crippen LogP contribution is -2.10. The molecule has 2 heterocycles. The number of rotatable bonds is 6. The van der Waals surface area contributed by atoms with Crippen LogP contribution in [0.15, 0.2) is 126 Å². The van der Waals surface area contributed by atoms with E-state index in [1.807, 2.05) is 54.6 Å². The molecule has 5 nitrogen and oxygen atoms in total. The molecule has 0 fully saturated rings. The molecule has 6 rings (SSSR count). The van der Waals surface area contributed by atoms with Gasteiger partial charge in [0.1, 0.15) is 5.69 Å². The van der Waals surface area contributed by atoms with Gasteiger partial charge in [0, 0.05) is 28.3 Å². The number of fused-ring (bicyclic) bond motifs is 1. The summed E-state index contributed by atoms with van der Waals surface area (Å²) < 4.78 is 0. The van der Waals surface area contributed by atoms with Crippen molar-refractivity contribution in [3.05, 3.63) is 148 Å². The van der Waals surface area contributed by atoms with Gasteiger partial charge in [-0.2, -0.15) is 0 Å². The van der Waals surface area contributed by atoms with Crippen molar-refractivity contribution in [2.24, 2.45) is 0 Å². The molecular formula is C33H23ClN4O. The maximum Gasteiger partial charge on any atom is 0.259 e. The smallest absolute Gasteiger partial charge is 0.259 e. The molecule has 188 valence electrons. The van der Waals surface area contributed by atoms with Crippen LogP contribution in [-0.2, 0) is 0 Å². The number of pyridine rings is 1. The summed E-state index contributed by atoms with van der Waals surface area (Å²) >= 11 is 6.03. The lowest BCUT2D eigenvalue weighted by molar-refractivity contribution is 1.14. The van der Waals surface area contributed by atoms with Gasteiger partial charge in [0.15, 0.2) is 5.82 Å². The number of anilines is 3. The highest BCUT2D eigenvalue weighted by Gasteiger charge is 2.11. The Kier molecular flexibility index (Phi) is 6.73. The van der Waals surface area contributed by atoms with Crippen molar-refractivity contribution in [1.82, 2.24) is 15.0 Å². The highest BCUT2D eigenvalue weighted by molar-refractivity contribution is 6.31. The Morgan fingerprint density at radius 3 is 2.03 bits per heavy atom. The fourth-order valence-corrected chi connectivity index (χ4v) is 4.61. The number of halogens is 1. The highest BCUT2D eigenvalue weighted by atomic mass is 35.5. The van der Waals surface area contributed by atoms with Crippen molar-refractivity contribution < 1.29 is 0 Å². The molecule has 0 aliphatic rings. The fourth-order valence-electron chi connectivity index (χ4n) is 4.44. The first-order valence-electron chi connectivity index (χ1n) is 12.5. The Morgan fingerprint density at radius 2 is 1.33 bits per heavy atom. The zero-order valence-electron chi connectivity index (χ0n) is 20.8. The monoisotopic (exact) mass is 526 g/mol. The Morgan fingerprint density at radius 1 is 0.692 bits per heavy atom. The van der Waals surface area contributed by atoms with Crippen molar-refractivity contribution in [3.8, 4) is 11.5 Å². The third-order valence-corrected chi connectivity index (χ3v) is 6.58. The first-order valence-corrected chi connectivity index (χ1v) is 12.9. The van der Waals surface area contributed by atoms with Crippen LogP contribution >= 0.6 is 11.6 Å². The van der Waals surface area contributed by atoms with E-state index in [0.29, 0.717) is 27.4 Å². The molecule has 6 heteroatoms. The van der Waals surface area contributed by atoms with Crippen LogP contribution in [0.25, 0.3) is 34.6 Å². The van der Waals surface area contributed by atoms with Crippen molar-refractivity contribution in [3.63, 3.8) is 0 Å². The average molecular weight is 527 g/mol. The number of para-hydroxylation sites is 2. The Labute approximate surface area is 230 Å². The molecule has 1 N–H and O–H groups in total. The van der Waals surface area contributed by atoms with E-state index in [1.54, 1.807) is 24.4 Å². The molecule has 0 aliphatic heterocycles. The molecule has 6 aromatic rings. The number of aromatic nitrogens is 3. The minimum absolute atomic E-state index is 0.250. The van der Waals surface area contributed by atoms with Gasteiger partial charge >= 0.3 is 0 Å². The van der Waals surface area contributed by atoms with Crippen LogP contribution in [-0.4, -0.2) is 15.0 Å². The molecule has 0 spiro atoms. The number of H-pyrrole nitrogens is 1. The molecule has 0 amide bonds. The quantitative estimate of drug-likeness (QED) is 0.237. The van der Waals surface area contributed by atoms with Gasteiger partial charge in [-0.25, -0.2) is 4.98 Å². The van der Waals surface area contributed by atoms with Crippen molar-refractivity contribution in [1.29, 1.82) is 0 Å². The number of nitrogens with one attached hydrogen (secondary N) is 1. The van der Waals surface area contributed by atoms with Crippen LogP contribution in [0.4, 0.5) is 17.1 Å². The lowest BCUT2D eigenvalue weighted by Gasteiger charge is -2.25. The number of hydrogen-bond acceptors (Lipinski definition) is 4. The summed E-state index contributed by atoms with van der Waals surface area (Å²) in [7, 11) is 0. The first-order chi connectivity index (χ1) is 19.1. The van der Waals surface area contributed by atoms with E-state index in [9.17, 15) is 4.79 Å². The van der Waals surface area contributed by atoms with Gasteiger partial charge in [0.25, 0.3) is 5.56 Å². The summed E-state index contributed by atoms with van der Waals surface area (Å²) in [6, 6.07) is 38.0. The summed E-state index contributed by atoms with van der Waals surface area (Å²) in [6.07, 6.45) is 5.78. The SMILES string of the molecule is O=c1[nH]c(-c2cc(/C=C/c3ccc(N(c4ccccc4)c4ccccc4)cc3)ccn2)nc2ccc(Cl)cc12. The largest absolute Gasteiger partial charge is 0.311 e. The van der Waals surface area contributed by atoms with Gasteiger partial charge in [-0.05, 0) is 77.9 Å². The molecule has 0 aliphatic carbocycles. The molecule has 39 heavy (non-hydrogen) atoms. The Hall–Kier alpha value is -5.00. The second-order valence-corrected chi connectivity index (χ2v) is 9.42. The predicted molar refractivity (Wildman–Crippen MR) is 161 cm³/mol. The van der Waals surface area contributed by atoms with E-state index >= 15 is 0 Å². The van der Waals surface area contributed by atoms with Crippen LogP contribution in [0.3, 0.4) is 0 Å². The van der Waals surface area contributed by atoms with Crippen LogP contribution in [0, 0.1) is 0 Å². The maximum atomic E-state index is 12.6. The second-order valence-electron chi connectivity index (χ2n) is 8.98. The van der Waals surface area contributed by atoms with Crippen LogP contribution < -0.4 is 10.5 Å². The molecule has 4 aromatic carbocycles. The normalized spacial score (nSPS) is 11.2. The summed E-state index contributed by atoms with van der Waals surface area (Å²) in [5, 5.41) is 0.942. The van der Waals surface area contributed by atoms with Gasteiger partial charge in [-0.15, -0.1) is 0 Å². The molecule has 0 bridgehead atoms. The minimum atomic E-state index is -0.250. The van der Waals surface area contributed by atoms with Gasteiger partial charge < -0.3 is 9.88 Å². The van der Waals surface area contributed by atoms with Crippen LogP contribution in [0.5, 0.6) is 0 Å². The molecule has 0 unspecified atom stereocenters. The number of benzene rings is 4. The highest BCUT2D eigenvalue weighted by Crippen LogP contribution is 2.34. The summed E-state index contributed by atoms with van der Waals surface area (Å²) in [6.45, 7) is 0. The van der Waals surface area contributed by atoms with Crippen molar-refractivity contribution in [2.45, 2.75) is 0 Å². The first kappa shape index (κ1) is 24.3. The minimum Gasteiger partial charge on any atom is -0.311 e. The third-order valence-electron chi connectivity index (χ3n) is 6.34. The van der Waals surface area contributed by atoms with Gasteiger partial charge in [0.2, 0.25) is 0 Å². The standard InChI is InChI=1S/C33H23ClN4O/c34-25-15-18-30-29(22-25)33(39)37-32(36-30)31-21-24(19-20-35-31)12-11-23-13-16-28(17-14-23)38(26-7-3-1-4-8-26)27-9-5-2-6-10-27/h1-22H,(H,36,37,39)/b12-11+. The molecule has 0 saturated heterocycles. The number of nitrogens with zero attached hydrogens (tertiary/aromatic N) is 3. The van der Waals surface area contributed by atoms with Gasteiger partial charge in [0.05, 0.1) is 10.9 Å². The van der Waals surface area contributed by atoms with E-state index in [4.69, 9.17) is 11.6 Å². The zero-order valence-corrected chi connectivity index (χ0v) is 21.6. The summed E-state index contributed by atoms with van der Waals surface area (Å²) in [4.78, 5) is 26.6. The van der Waals surface area contributed by atoms with Crippen molar-refractivity contribution >= 4 is 51.7 Å². The van der Waals surface area contributed by atoms with E-state index < -0.39 is 0 Å². The second kappa shape index (κ2) is 10.8. The molecule has 2 aromatic heterocycles. The fraction of sp³-hybridized carbons (Fsp3) is 0. The maximum absolute atomic E-state index is 12.6. The number of aromatic amines is 1. The predicted octanol–water partition coefficient (Wildman–Crippen LogP) is 8.28. The number of hydrogen-bond donors (Lipinski definition) is 1. The third kappa shape index (κ3) is 5.35. The summed E-state index contributed by atoms with van der Waals surface area (Å²) in [5.74, 6) is 0.413. The molecule has 0 radical (unpaired) electrons. The Balaban J connectivity index is 1.26. The van der Waals surface area contributed by atoms with Crippen molar-refractivity contribution in [2.75, 3.05) is 4.90 Å². The Bertz CT molecular complexity index is 1790. The molecular weight excluding hydrogens is 504 g/mol. The average Bonchev–Trinajstić information content (AvgIpc) is 2.98. The molecule has 0 saturated carbocycles.